The molecule has 0 amide bonds. The summed E-state index contributed by atoms with van der Waals surface area (Å²) in [6.45, 7) is 0. The summed E-state index contributed by atoms with van der Waals surface area (Å²) in [5.74, 6) is 0. The van der Waals surface area contributed by atoms with Gasteiger partial charge in [-0.25, -0.2) is 9.50 Å². The van der Waals surface area contributed by atoms with Crippen LogP contribution in [0.25, 0.3) is 16.2 Å². The maximum Gasteiger partial charge on any atom is 0.170 e. The van der Waals surface area contributed by atoms with Gasteiger partial charge in [-0.1, -0.05) is 0 Å². The molecular weight excluding hydrogens is 302 g/mol. The van der Waals surface area contributed by atoms with Crippen molar-refractivity contribution >= 4 is 39.2 Å². The lowest BCUT2D eigenvalue weighted by molar-refractivity contribution is 0.111. The van der Waals surface area contributed by atoms with Crippen molar-refractivity contribution in [3.05, 3.63) is 39.9 Å². The molecule has 0 atom stereocenters. The quantitative estimate of drug-likeness (QED) is 0.684. The number of halogens is 1. The first-order valence-electron chi connectivity index (χ1n) is 4.83. The average Bonchev–Trinajstić information content (AvgIpc) is 2.94. The van der Waals surface area contributed by atoms with Crippen LogP contribution in [0.4, 0.5) is 0 Å². The number of imidazole rings is 1. The molecule has 0 aliphatic carbocycles. The van der Waals surface area contributed by atoms with E-state index in [0.717, 1.165) is 20.6 Å². The van der Waals surface area contributed by atoms with Gasteiger partial charge in [0.25, 0.3) is 0 Å². The maximum atomic E-state index is 10.8. The van der Waals surface area contributed by atoms with Crippen LogP contribution in [-0.2, 0) is 0 Å². The van der Waals surface area contributed by atoms with Crippen molar-refractivity contribution in [1.29, 1.82) is 0 Å². The molecule has 6 heteroatoms. The fraction of sp³-hybridized carbons (Fsp3) is 0. The first-order chi connectivity index (χ1) is 8.28. The average molecular weight is 308 g/mol. The van der Waals surface area contributed by atoms with E-state index in [0.29, 0.717) is 11.3 Å². The number of aldehydes is 1. The number of carbonyl (C=O) groups is 1. The Morgan fingerprint density at radius 3 is 2.88 bits per heavy atom. The Hall–Kier alpha value is -1.53. The van der Waals surface area contributed by atoms with E-state index in [4.69, 9.17) is 0 Å². The summed E-state index contributed by atoms with van der Waals surface area (Å²) >= 11 is 5.01. The van der Waals surface area contributed by atoms with E-state index in [1.54, 1.807) is 15.9 Å². The highest BCUT2D eigenvalue weighted by atomic mass is 79.9. The number of nitrogens with zero attached hydrogens (tertiary/aromatic N) is 3. The predicted molar refractivity (Wildman–Crippen MR) is 69.4 cm³/mol. The molecule has 84 valence electrons. The molecule has 17 heavy (non-hydrogen) atoms. The summed E-state index contributed by atoms with van der Waals surface area (Å²) in [4.78, 5) is 16.0. The number of fused-ring (bicyclic) bond motifs is 1. The van der Waals surface area contributed by atoms with E-state index in [2.05, 4.69) is 26.0 Å². The number of rotatable bonds is 2. The van der Waals surface area contributed by atoms with E-state index < -0.39 is 0 Å². The number of aromatic nitrogens is 3. The van der Waals surface area contributed by atoms with Gasteiger partial charge < -0.3 is 0 Å². The Kier molecular flexibility index (Phi) is 2.53. The van der Waals surface area contributed by atoms with E-state index in [1.165, 1.54) is 6.20 Å². The van der Waals surface area contributed by atoms with Crippen molar-refractivity contribution < 1.29 is 4.79 Å². The molecule has 3 aromatic heterocycles. The van der Waals surface area contributed by atoms with Crippen LogP contribution >= 0.6 is 27.3 Å². The lowest BCUT2D eigenvalue weighted by atomic mass is 10.3. The van der Waals surface area contributed by atoms with Crippen molar-refractivity contribution in [1.82, 2.24) is 14.6 Å². The van der Waals surface area contributed by atoms with Crippen molar-refractivity contribution in [2.24, 2.45) is 0 Å². The predicted octanol–water partition coefficient (Wildman–Crippen LogP) is 3.03. The lowest BCUT2D eigenvalue weighted by Gasteiger charge is -1.98. The van der Waals surface area contributed by atoms with Crippen LogP contribution in [0.5, 0.6) is 0 Å². The van der Waals surface area contributed by atoms with Crippen molar-refractivity contribution in [3.63, 3.8) is 0 Å². The van der Waals surface area contributed by atoms with Crippen LogP contribution in [0.15, 0.2) is 34.2 Å². The van der Waals surface area contributed by atoms with Crippen molar-refractivity contribution in [2.45, 2.75) is 0 Å². The van der Waals surface area contributed by atoms with Gasteiger partial charge in [-0.05, 0) is 40.2 Å². The van der Waals surface area contributed by atoms with Crippen molar-refractivity contribution in [2.75, 3.05) is 0 Å². The fourth-order valence-corrected chi connectivity index (χ4v) is 2.91. The molecule has 0 aliphatic heterocycles. The Morgan fingerprint density at radius 2 is 2.18 bits per heavy atom. The molecule has 0 saturated heterocycles. The maximum absolute atomic E-state index is 10.8. The fourth-order valence-electron chi connectivity index (χ4n) is 1.55. The second-order valence-corrected chi connectivity index (χ2v) is 5.86. The Balaban J connectivity index is 2.21. The highest BCUT2D eigenvalue weighted by molar-refractivity contribution is 9.11. The van der Waals surface area contributed by atoms with Crippen LogP contribution in [0, 0.1) is 0 Å². The van der Waals surface area contributed by atoms with E-state index in [-0.39, 0.29) is 0 Å². The van der Waals surface area contributed by atoms with Crippen LogP contribution in [0.2, 0.25) is 0 Å². The van der Waals surface area contributed by atoms with E-state index in [9.17, 15) is 4.79 Å². The third-order valence-electron chi connectivity index (χ3n) is 2.34. The van der Waals surface area contributed by atoms with Crippen molar-refractivity contribution in [3.8, 4) is 10.6 Å². The summed E-state index contributed by atoms with van der Waals surface area (Å²) in [5.41, 5.74) is 1.96. The van der Waals surface area contributed by atoms with Gasteiger partial charge in [0.2, 0.25) is 0 Å². The second-order valence-electron chi connectivity index (χ2n) is 3.39. The molecule has 0 spiro atoms. The standard InChI is InChI=1S/C11H6BrN3OS/c12-10-3-2-9(17-10)8-1-4-11-13-5-7(6-16)15(11)14-8/h1-6H. The molecule has 0 N–H and O–H groups in total. The molecule has 3 rings (SSSR count). The monoisotopic (exact) mass is 307 g/mol. The van der Waals surface area contributed by atoms with Crippen LogP contribution in [-0.4, -0.2) is 20.9 Å². The van der Waals surface area contributed by atoms with Crippen LogP contribution in [0.3, 0.4) is 0 Å². The molecular formula is C11H6BrN3OS. The van der Waals surface area contributed by atoms with Gasteiger partial charge in [0, 0.05) is 0 Å². The highest BCUT2D eigenvalue weighted by Crippen LogP contribution is 2.29. The minimum absolute atomic E-state index is 0.456. The zero-order valence-electron chi connectivity index (χ0n) is 8.50. The minimum atomic E-state index is 0.456. The number of thiophene rings is 1. The summed E-state index contributed by atoms with van der Waals surface area (Å²) in [6.07, 6.45) is 2.27. The number of hydrogen-bond acceptors (Lipinski definition) is 4. The zero-order chi connectivity index (χ0) is 11.8. The Morgan fingerprint density at radius 1 is 1.29 bits per heavy atom. The van der Waals surface area contributed by atoms with Gasteiger partial charge in [0.1, 0.15) is 11.4 Å². The topological polar surface area (TPSA) is 47.3 Å². The third kappa shape index (κ3) is 1.79. The SMILES string of the molecule is O=Cc1cnc2ccc(-c3ccc(Br)s3)nn12. The normalized spacial score (nSPS) is 10.9. The summed E-state index contributed by atoms with van der Waals surface area (Å²) in [5, 5.41) is 4.40. The number of hydrogen-bond donors (Lipinski definition) is 0. The van der Waals surface area contributed by atoms with Gasteiger partial charge in [-0.3, -0.25) is 4.79 Å². The lowest BCUT2D eigenvalue weighted by Crippen LogP contribution is -1.97. The molecule has 3 heterocycles. The Bertz CT molecular complexity index is 704. The summed E-state index contributed by atoms with van der Waals surface area (Å²) in [6, 6.07) is 7.71. The van der Waals surface area contributed by atoms with Crippen LogP contribution < -0.4 is 0 Å². The summed E-state index contributed by atoms with van der Waals surface area (Å²) < 4.78 is 2.60. The second kappa shape index (κ2) is 4.05. The molecule has 0 aromatic carbocycles. The zero-order valence-corrected chi connectivity index (χ0v) is 10.9. The molecule has 0 fully saturated rings. The molecule has 0 aliphatic rings. The molecule has 3 aromatic rings. The van der Waals surface area contributed by atoms with Crippen LogP contribution in [0.1, 0.15) is 10.5 Å². The Labute approximate surface area is 109 Å². The van der Waals surface area contributed by atoms with Gasteiger partial charge in [-0.15, -0.1) is 11.3 Å². The highest BCUT2D eigenvalue weighted by Gasteiger charge is 2.07. The van der Waals surface area contributed by atoms with Gasteiger partial charge in [0.05, 0.1) is 14.9 Å². The molecule has 0 saturated carbocycles. The van der Waals surface area contributed by atoms with Gasteiger partial charge in [-0.2, -0.15) is 5.10 Å². The number of carbonyl (C=O) groups excluding carboxylic acids is 1. The summed E-state index contributed by atoms with van der Waals surface area (Å²) in [7, 11) is 0. The van der Waals surface area contributed by atoms with Gasteiger partial charge >= 0.3 is 0 Å². The smallest absolute Gasteiger partial charge is 0.170 e. The minimum Gasteiger partial charge on any atom is -0.296 e. The largest absolute Gasteiger partial charge is 0.296 e. The molecule has 4 nitrogen and oxygen atoms in total. The first-order valence-corrected chi connectivity index (χ1v) is 6.44. The first kappa shape index (κ1) is 10.6. The van der Waals surface area contributed by atoms with E-state index in [1.807, 2.05) is 24.3 Å². The van der Waals surface area contributed by atoms with E-state index >= 15 is 0 Å². The van der Waals surface area contributed by atoms with Gasteiger partial charge in [0.15, 0.2) is 11.9 Å². The molecule has 0 bridgehead atoms. The third-order valence-corrected chi connectivity index (χ3v) is 3.98. The molecule has 0 unspecified atom stereocenters. The molecule has 0 radical (unpaired) electrons.